The van der Waals surface area contributed by atoms with Gasteiger partial charge in [0.15, 0.2) is 5.78 Å². The van der Waals surface area contributed by atoms with E-state index in [1.165, 1.54) is 19.4 Å². The fraction of sp³-hybridized carbons (Fsp3) is 0.206. The Kier molecular flexibility index (Phi) is 9.66. The number of nitrogens with zero attached hydrogens (tertiary/aromatic N) is 2. The number of ether oxygens (including phenoxy) is 1. The minimum atomic E-state index is -4.37. The maximum atomic E-state index is 14.3. The number of hydrogen-bond donors (Lipinski definition) is 4. The van der Waals surface area contributed by atoms with Crippen LogP contribution in [0.2, 0.25) is 0 Å². The second-order valence-corrected chi connectivity index (χ2v) is 12.7. The van der Waals surface area contributed by atoms with Gasteiger partial charge in [-0.25, -0.2) is 8.42 Å². The lowest BCUT2D eigenvalue weighted by Crippen LogP contribution is -2.41. The van der Waals surface area contributed by atoms with Crippen LogP contribution < -0.4 is 15.4 Å². The van der Waals surface area contributed by atoms with E-state index in [1.54, 1.807) is 61.5 Å². The fourth-order valence-electron chi connectivity index (χ4n) is 5.37. The number of Topliss-reactive ketones (excluding diaryl/α,β-unsaturated/α-hetero) is 1. The van der Waals surface area contributed by atoms with E-state index in [-0.39, 0.29) is 47.1 Å². The van der Waals surface area contributed by atoms with Gasteiger partial charge >= 0.3 is 5.97 Å². The molecule has 0 atom stereocenters. The van der Waals surface area contributed by atoms with Gasteiger partial charge in [-0.05, 0) is 49.2 Å². The minimum Gasteiger partial charge on any atom is -0.469 e. The van der Waals surface area contributed by atoms with Crippen LogP contribution in [0.1, 0.15) is 40.0 Å². The Morgan fingerprint density at radius 1 is 1.02 bits per heavy atom. The van der Waals surface area contributed by atoms with Crippen LogP contribution in [0.4, 0.5) is 5.69 Å². The van der Waals surface area contributed by atoms with E-state index in [1.807, 2.05) is 12.1 Å². The first-order valence-electron chi connectivity index (χ1n) is 14.8. The molecule has 0 fully saturated rings. The number of rotatable bonds is 13. The molecule has 0 aliphatic rings. The van der Waals surface area contributed by atoms with Gasteiger partial charge in [0.05, 0.1) is 24.7 Å². The van der Waals surface area contributed by atoms with Gasteiger partial charge in [-0.3, -0.25) is 29.1 Å². The number of ketones is 1. The fourth-order valence-corrected chi connectivity index (χ4v) is 6.95. The lowest BCUT2D eigenvalue weighted by molar-refractivity contribution is -0.140. The van der Waals surface area contributed by atoms with Crippen LogP contribution in [-0.4, -0.2) is 62.1 Å². The summed E-state index contributed by atoms with van der Waals surface area (Å²) in [6, 6.07) is 20.2. The maximum absolute atomic E-state index is 14.3. The summed E-state index contributed by atoms with van der Waals surface area (Å²) in [4.78, 5) is 45.7. The van der Waals surface area contributed by atoms with Crippen molar-refractivity contribution >= 4 is 61.0 Å². The number of fused-ring (bicyclic) bond motifs is 2. The smallest absolute Gasteiger partial charge is 0.307 e. The highest BCUT2D eigenvalue weighted by Gasteiger charge is 2.30. The number of amidine groups is 1. The molecule has 0 unspecified atom stereocenters. The number of aromatic nitrogens is 2. The molecule has 0 aliphatic heterocycles. The van der Waals surface area contributed by atoms with Crippen LogP contribution in [-0.2, 0) is 30.8 Å². The summed E-state index contributed by atoms with van der Waals surface area (Å²) in [5.41, 5.74) is 9.14. The van der Waals surface area contributed by atoms with Gasteiger partial charge in [0.1, 0.15) is 17.3 Å². The monoisotopic (exact) mass is 654 g/mol. The quantitative estimate of drug-likeness (QED) is 0.0634. The number of aryl methyl sites for hydroxylation is 2. The molecular weight excluding hydrogens is 620 g/mol. The SMILES string of the molecule is COC(=O)CCNC(=O)CN(c1ccc2[nH]c(C)c(C(=O)CCc3ccc(C(=N)N)cc3)c2c1)S(=O)(=O)c1cccc2cccnc12. The number of pyridine rings is 1. The third-order valence-electron chi connectivity index (χ3n) is 7.77. The Hall–Kier alpha value is -5.56. The number of amides is 1. The number of carbonyl (C=O) groups is 3. The number of methoxy groups -OCH3 is 1. The molecule has 0 saturated heterocycles. The minimum absolute atomic E-state index is 0.0377. The number of nitrogens with one attached hydrogen (secondary N) is 3. The van der Waals surface area contributed by atoms with Gasteiger partial charge in [-0.15, -0.1) is 0 Å². The average Bonchev–Trinajstić information content (AvgIpc) is 3.40. The van der Waals surface area contributed by atoms with E-state index in [0.29, 0.717) is 39.5 Å². The van der Waals surface area contributed by atoms with Crippen molar-refractivity contribution in [3.63, 3.8) is 0 Å². The predicted molar refractivity (Wildman–Crippen MR) is 179 cm³/mol. The van der Waals surface area contributed by atoms with Crippen LogP contribution in [0.3, 0.4) is 0 Å². The lowest BCUT2D eigenvalue weighted by atomic mass is 9.99. The Labute approximate surface area is 271 Å². The molecule has 5 aromatic rings. The number of nitrogens with two attached hydrogens (primary N) is 1. The van der Waals surface area contributed by atoms with Gasteiger partial charge in [0, 0.05) is 52.3 Å². The molecule has 2 heterocycles. The molecule has 242 valence electrons. The summed E-state index contributed by atoms with van der Waals surface area (Å²) < 4.78 is 34.3. The van der Waals surface area contributed by atoms with Crippen molar-refractivity contribution in [2.75, 3.05) is 24.5 Å². The number of H-pyrrole nitrogens is 1. The zero-order valence-corrected chi connectivity index (χ0v) is 26.7. The first-order valence-corrected chi connectivity index (χ1v) is 16.2. The average molecular weight is 655 g/mol. The highest BCUT2D eigenvalue weighted by molar-refractivity contribution is 7.93. The van der Waals surface area contributed by atoms with E-state index in [2.05, 4.69) is 20.0 Å². The summed E-state index contributed by atoms with van der Waals surface area (Å²) in [6.45, 7) is 1.14. The number of benzene rings is 3. The Balaban J connectivity index is 1.51. The zero-order valence-electron chi connectivity index (χ0n) is 25.9. The Morgan fingerprint density at radius 2 is 1.77 bits per heavy atom. The molecule has 0 bridgehead atoms. The molecule has 0 radical (unpaired) electrons. The number of esters is 1. The van der Waals surface area contributed by atoms with Gasteiger partial charge < -0.3 is 20.8 Å². The Morgan fingerprint density at radius 3 is 2.49 bits per heavy atom. The van der Waals surface area contributed by atoms with E-state index in [0.717, 1.165) is 9.87 Å². The van der Waals surface area contributed by atoms with Crippen molar-refractivity contribution in [3.8, 4) is 0 Å². The van der Waals surface area contributed by atoms with Crippen molar-refractivity contribution in [1.29, 1.82) is 5.41 Å². The van der Waals surface area contributed by atoms with E-state index in [9.17, 15) is 22.8 Å². The van der Waals surface area contributed by atoms with Crippen molar-refractivity contribution in [2.24, 2.45) is 5.73 Å². The van der Waals surface area contributed by atoms with Gasteiger partial charge in [-0.2, -0.15) is 0 Å². The van der Waals surface area contributed by atoms with E-state index in [4.69, 9.17) is 11.1 Å². The lowest BCUT2D eigenvalue weighted by Gasteiger charge is -2.25. The van der Waals surface area contributed by atoms with Crippen LogP contribution in [0, 0.1) is 12.3 Å². The summed E-state index contributed by atoms with van der Waals surface area (Å²) >= 11 is 0. The molecule has 47 heavy (non-hydrogen) atoms. The van der Waals surface area contributed by atoms with Crippen LogP contribution >= 0.6 is 0 Å². The number of para-hydroxylation sites is 1. The molecule has 2 aromatic heterocycles. The third kappa shape index (κ3) is 7.15. The number of sulfonamides is 1. The van der Waals surface area contributed by atoms with Crippen molar-refractivity contribution in [1.82, 2.24) is 15.3 Å². The molecule has 0 aliphatic carbocycles. The molecular formula is C34H34N6O6S. The van der Waals surface area contributed by atoms with Crippen LogP contribution in [0.15, 0.2) is 83.9 Å². The summed E-state index contributed by atoms with van der Waals surface area (Å²) in [5.74, 6) is -1.34. The molecule has 5 N–H and O–H groups in total. The zero-order chi connectivity index (χ0) is 33.7. The molecule has 12 nitrogen and oxygen atoms in total. The second kappa shape index (κ2) is 13.8. The van der Waals surface area contributed by atoms with Gasteiger partial charge in [0.2, 0.25) is 5.91 Å². The molecule has 1 amide bonds. The van der Waals surface area contributed by atoms with Crippen molar-refractivity contribution in [2.45, 2.75) is 31.1 Å². The van der Waals surface area contributed by atoms with Crippen molar-refractivity contribution < 1.29 is 27.5 Å². The first kappa shape index (κ1) is 32.8. The molecule has 13 heteroatoms. The second-order valence-electron chi connectivity index (χ2n) is 10.9. The van der Waals surface area contributed by atoms with E-state index >= 15 is 0 Å². The Bertz CT molecular complexity index is 2100. The molecule has 0 saturated carbocycles. The number of hydrogen-bond acceptors (Lipinski definition) is 8. The summed E-state index contributed by atoms with van der Waals surface area (Å²) in [7, 11) is -3.14. The maximum Gasteiger partial charge on any atom is 0.307 e. The topological polar surface area (TPSA) is 188 Å². The summed E-state index contributed by atoms with van der Waals surface area (Å²) in [6.07, 6.45) is 2.05. The van der Waals surface area contributed by atoms with Gasteiger partial charge in [0.25, 0.3) is 10.0 Å². The van der Waals surface area contributed by atoms with Gasteiger partial charge in [-0.1, -0.05) is 42.5 Å². The summed E-state index contributed by atoms with van der Waals surface area (Å²) in [5, 5.41) is 11.3. The highest BCUT2D eigenvalue weighted by atomic mass is 32.2. The number of anilines is 1. The van der Waals surface area contributed by atoms with Crippen LogP contribution in [0.25, 0.3) is 21.8 Å². The number of aromatic amines is 1. The largest absolute Gasteiger partial charge is 0.469 e. The number of nitrogen functional groups attached to an aromatic ring is 1. The number of carbonyl (C=O) groups excluding carboxylic acids is 3. The highest BCUT2D eigenvalue weighted by Crippen LogP contribution is 2.32. The first-order chi connectivity index (χ1) is 22.5. The predicted octanol–water partition coefficient (Wildman–Crippen LogP) is 4.00. The normalized spacial score (nSPS) is 11.4. The third-order valence-corrected chi connectivity index (χ3v) is 9.58. The standard InChI is InChI=1S/C34H34N6O6S/c1-21-32(28(41)15-10-22-8-11-24(12-9-22)34(35)36)26-19-25(13-14-27(26)39-21)40(20-30(42)37-18-16-31(43)46-2)47(44,45)29-7-3-5-23-6-4-17-38-33(23)29/h3-9,11-14,17,19,39H,10,15-16,18,20H2,1-2H3,(H3,35,36)(H,37,42). The molecule has 5 rings (SSSR count). The van der Waals surface area contributed by atoms with Crippen molar-refractivity contribution in [3.05, 3.63) is 101 Å². The van der Waals surface area contributed by atoms with E-state index < -0.39 is 28.4 Å². The molecule has 0 spiro atoms. The van der Waals surface area contributed by atoms with Crippen LogP contribution in [0.5, 0.6) is 0 Å². The molecule has 3 aromatic carbocycles.